The molecule has 1 aliphatic rings. The maximum absolute atomic E-state index is 14.9. The third-order valence-corrected chi connectivity index (χ3v) is 7.32. The summed E-state index contributed by atoms with van der Waals surface area (Å²) in [5, 5.41) is 7.28. The molecule has 1 saturated heterocycles. The lowest BCUT2D eigenvalue weighted by molar-refractivity contribution is -0.115. The second kappa shape index (κ2) is 11.5. The molecule has 4 aromatic rings. The lowest BCUT2D eigenvalue weighted by Gasteiger charge is -2.23. The van der Waals surface area contributed by atoms with Crippen LogP contribution in [0, 0.1) is 5.82 Å². The SMILES string of the molecule is CCn1c(=O)c(-c2ccc(C(N)=NC(C)=O)cc2Cl)cc2cnc(Nc3ccc(C4CCNCC4)c(F)c3)nc21. The summed E-state index contributed by atoms with van der Waals surface area (Å²) in [5.41, 5.74) is 8.63. The summed E-state index contributed by atoms with van der Waals surface area (Å²) in [6.07, 6.45) is 3.43. The minimum Gasteiger partial charge on any atom is -0.383 e. The normalized spacial score (nSPS) is 14.4. The minimum absolute atomic E-state index is 0.0414. The van der Waals surface area contributed by atoms with Crippen LogP contribution in [0.3, 0.4) is 0 Å². The number of pyridine rings is 1. The van der Waals surface area contributed by atoms with Gasteiger partial charge >= 0.3 is 0 Å². The number of piperidine rings is 1. The molecule has 1 amide bonds. The van der Waals surface area contributed by atoms with Gasteiger partial charge in [-0.15, -0.1) is 0 Å². The number of hydrogen-bond acceptors (Lipinski definition) is 6. The summed E-state index contributed by atoms with van der Waals surface area (Å²) in [7, 11) is 0. The third kappa shape index (κ3) is 5.59. The maximum Gasteiger partial charge on any atom is 0.260 e. The highest BCUT2D eigenvalue weighted by Crippen LogP contribution is 2.31. The Hall–Kier alpha value is -4.15. The summed E-state index contributed by atoms with van der Waals surface area (Å²) in [6, 6.07) is 11.7. The number of amides is 1. The van der Waals surface area contributed by atoms with Crippen LogP contribution in [0.2, 0.25) is 5.02 Å². The van der Waals surface area contributed by atoms with Crippen molar-refractivity contribution in [2.24, 2.45) is 10.7 Å². The standard InChI is InChI=1S/C29H29ClFN7O2/c1-3-38-27-19(12-23(28(38)40)22-6-4-18(13-24(22)30)26(32)35-16(2)39)15-34-29(37-27)36-20-5-7-21(25(31)14-20)17-8-10-33-11-9-17/h4-7,12-15,17,33H,3,8-11H2,1-2H3,(H2,32,35,39)(H,34,36,37). The Morgan fingerprint density at radius 1 is 1.20 bits per heavy atom. The lowest BCUT2D eigenvalue weighted by atomic mass is 9.90. The molecule has 5 rings (SSSR count). The van der Waals surface area contributed by atoms with Crippen molar-refractivity contribution in [2.45, 2.75) is 39.2 Å². The van der Waals surface area contributed by atoms with Gasteiger partial charge in [0.2, 0.25) is 11.9 Å². The first-order valence-electron chi connectivity index (χ1n) is 13.1. The number of rotatable bonds is 6. The number of halogens is 2. The molecule has 0 radical (unpaired) electrons. The van der Waals surface area contributed by atoms with Crippen molar-refractivity contribution in [1.29, 1.82) is 0 Å². The van der Waals surface area contributed by atoms with E-state index in [4.69, 9.17) is 17.3 Å². The van der Waals surface area contributed by atoms with Crippen molar-refractivity contribution in [3.63, 3.8) is 0 Å². The number of nitrogens with one attached hydrogen (secondary N) is 2. The Bertz CT molecular complexity index is 1700. The molecule has 0 spiro atoms. The molecule has 0 aliphatic carbocycles. The fraction of sp³-hybridized carbons (Fsp3) is 0.276. The van der Waals surface area contributed by atoms with Crippen molar-refractivity contribution in [3.8, 4) is 11.1 Å². The van der Waals surface area contributed by atoms with Crippen molar-refractivity contribution < 1.29 is 9.18 Å². The molecule has 3 heterocycles. The van der Waals surface area contributed by atoms with Crippen LogP contribution in [-0.4, -0.2) is 39.4 Å². The zero-order valence-electron chi connectivity index (χ0n) is 22.2. The average Bonchev–Trinajstić information content (AvgIpc) is 2.93. The van der Waals surface area contributed by atoms with E-state index in [1.807, 2.05) is 19.1 Å². The zero-order valence-corrected chi connectivity index (χ0v) is 22.9. The summed E-state index contributed by atoms with van der Waals surface area (Å²) < 4.78 is 16.5. The summed E-state index contributed by atoms with van der Waals surface area (Å²) in [5.74, 6) is -0.189. The number of aryl methyl sites for hydroxylation is 1. The van der Waals surface area contributed by atoms with Crippen molar-refractivity contribution >= 4 is 46.0 Å². The second-order valence-electron chi connectivity index (χ2n) is 9.68. The molecule has 4 N–H and O–H groups in total. The maximum atomic E-state index is 14.9. The molecule has 0 saturated carbocycles. The van der Waals surface area contributed by atoms with Gasteiger partial charge in [0.25, 0.3) is 5.56 Å². The fourth-order valence-electron chi connectivity index (χ4n) is 5.03. The van der Waals surface area contributed by atoms with Gasteiger partial charge in [0.05, 0.1) is 0 Å². The Labute approximate surface area is 235 Å². The van der Waals surface area contributed by atoms with Gasteiger partial charge in [0.1, 0.15) is 17.3 Å². The summed E-state index contributed by atoms with van der Waals surface area (Å²) in [4.78, 5) is 37.5. The van der Waals surface area contributed by atoms with Crippen LogP contribution in [-0.2, 0) is 11.3 Å². The van der Waals surface area contributed by atoms with Crippen LogP contribution in [0.1, 0.15) is 43.7 Å². The highest BCUT2D eigenvalue weighted by molar-refractivity contribution is 6.33. The van der Waals surface area contributed by atoms with E-state index < -0.39 is 5.91 Å². The van der Waals surface area contributed by atoms with E-state index in [0.717, 1.165) is 31.5 Å². The van der Waals surface area contributed by atoms with Crippen LogP contribution in [0.15, 0.2) is 58.4 Å². The van der Waals surface area contributed by atoms with Crippen molar-refractivity contribution in [1.82, 2.24) is 19.9 Å². The van der Waals surface area contributed by atoms with Crippen molar-refractivity contribution in [3.05, 3.63) is 81.0 Å². The summed E-state index contributed by atoms with van der Waals surface area (Å²) in [6.45, 7) is 5.28. The molecule has 1 fully saturated rings. The van der Waals surface area contributed by atoms with E-state index >= 15 is 0 Å². The van der Waals surface area contributed by atoms with Gasteiger partial charge in [-0.05, 0) is 68.6 Å². The topological polar surface area (TPSA) is 127 Å². The van der Waals surface area contributed by atoms with Crippen LogP contribution in [0.5, 0.6) is 0 Å². The van der Waals surface area contributed by atoms with Gasteiger partial charge in [-0.3, -0.25) is 14.2 Å². The molecular weight excluding hydrogens is 533 g/mol. The Morgan fingerprint density at radius 2 is 1.98 bits per heavy atom. The first-order valence-corrected chi connectivity index (χ1v) is 13.5. The van der Waals surface area contributed by atoms with Gasteiger partial charge in [0, 0.05) is 52.5 Å². The predicted molar refractivity (Wildman–Crippen MR) is 156 cm³/mol. The number of aliphatic imine (C=N–C) groups is 1. The molecular formula is C29H29ClFN7O2. The number of anilines is 2. The molecule has 0 bridgehead atoms. The number of hydrogen-bond donors (Lipinski definition) is 3. The largest absolute Gasteiger partial charge is 0.383 e. The number of benzene rings is 2. The monoisotopic (exact) mass is 561 g/mol. The molecule has 0 unspecified atom stereocenters. The number of nitrogens with zero attached hydrogens (tertiary/aromatic N) is 4. The molecule has 2 aromatic carbocycles. The molecule has 2 aromatic heterocycles. The van der Waals surface area contributed by atoms with Crippen LogP contribution >= 0.6 is 11.6 Å². The van der Waals surface area contributed by atoms with E-state index in [9.17, 15) is 14.0 Å². The fourth-order valence-corrected chi connectivity index (χ4v) is 5.31. The van der Waals surface area contributed by atoms with Gasteiger partial charge in [-0.25, -0.2) is 9.37 Å². The minimum atomic E-state index is -0.425. The number of amidine groups is 1. The molecule has 40 heavy (non-hydrogen) atoms. The van der Waals surface area contributed by atoms with Gasteiger partial charge in [-0.1, -0.05) is 29.8 Å². The molecule has 11 heteroatoms. The molecule has 206 valence electrons. The smallest absolute Gasteiger partial charge is 0.260 e. The lowest BCUT2D eigenvalue weighted by Crippen LogP contribution is -2.27. The predicted octanol–water partition coefficient (Wildman–Crippen LogP) is 4.73. The van der Waals surface area contributed by atoms with Crippen LogP contribution in [0.25, 0.3) is 22.2 Å². The van der Waals surface area contributed by atoms with Gasteiger partial charge < -0.3 is 16.4 Å². The molecule has 9 nitrogen and oxygen atoms in total. The van der Waals surface area contributed by atoms with Crippen LogP contribution < -0.4 is 21.9 Å². The van der Waals surface area contributed by atoms with E-state index in [1.165, 1.54) is 17.6 Å². The number of nitrogens with two attached hydrogens (primary N) is 1. The van der Waals surface area contributed by atoms with E-state index in [-0.39, 0.29) is 34.1 Å². The third-order valence-electron chi connectivity index (χ3n) is 7.01. The number of fused-ring (bicyclic) bond motifs is 1. The first kappa shape index (κ1) is 27.4. The number of carbonyl (C=O) groups excluding carboxylic acids is 1. The molecule has 0 atom stereocenters. The number of carbonyl (C=O) groups is 1. The number of aromatic nitrogens is 3. The van der Waals surface area contributed by atoms with E-state index in [2.05, 4.69) is 25.6 Å². The zero-order chi connectivity index (χ0) is 28.4. The Balaban J connectivity index is 1.47. The quantitative estimate of drug-likeness (QED) is 0.229. The highest BCUT2D eigenvalue weighted by Gasteiger charge is 2.19. The molecule has 1 aliphatic heterocycles. The Kier molecular flexibility index (Phi) is 7.90. The van der Waals surface area contributed by atoms with E-state index in [1.54, 1.807) is 30.5 Å². The van der Waals surface area contributed by atoms with E-state index in [0.29, 0.717) is 40.0 Å². The second-order valence-corrected chi connectivity index (χ2v) is 10.1. The van der Waals surface area contributed by atoms with Crippen LogP contribution in [0.4, 0.5) is 16.0 Å². The van der Waals surface area contributed by atoms with Crippen molar-refractivity contribution in [2.75, 3.05) is 18.4 Å². The average molecular weight is 562 g/mol. The van der Waals surface area contributed by atoms with Gasteiger partial charge in [-0.2, -0.15) is 9.98 Å². The summed E-state index contributed by atoms with van der Waals surface area (Å²) >= 11 is 6.53. The van der Waals surface area contributed by atoms with Gasteiger partial charge in [0.15, 0.2) is 0 Å². The highest BCUT2D eigenvalue weighted by atomic mass is 35.5. The Morgan fingerprint density at radius 3 is 2.65 bits per heavy atom. The first-order chi connectivity index (χ1) is 19.2.